The van der Waals surface area contributed by atoms with Gasteiger partial charge in [0.2, 0.25) is 0 Å². The van der Waals surface area contributed by atoms with Crippen molar-refractivity contribution in [2.75, 3.05) is 19.5 Å². The fourth-order valence-corrected chi connectivity index (χ4v) is 4.78. The molecular weight excluding hydrogens is 577 g/mol. The van der Waals surface area contributed by atoms with Crippen LogP contribution in [0.2, 0.25) is 0 Å². The third kappa shape index (κ3) is 6.18. The Labute approximate surface area is 256 Å². The van der Waals surface area contributed by atoms with E-state index in [4.69, 9.17) is 14.2 Å². The topological polar surface area (TPSA) is 117 Å². The molecule has 1 N–H and O–H groups in total. The first-order valence-electron chi connectivity index (χ1n) is 13.8. The minimum atomic E-state index is -0.730. The van der Waals surface area contributed by atoms with E-state index in [2.05, 4.69) is 20.3 Å². The number of rotatable bonds is 9. The number of carbonyl (C=O) groups excluding carboxylic acids is 1. The molecule has 0 spiro atoms. The van der Waals surface area contributed by atoms with E-state index >= 15 is 4.39 Å². The van der Waals surface area contributed by atoms with Crippen molar-refractivity contribution >= 4 is 22.5 Å². The van der Waals surface area contributed by atoms with Crippen molar-refractivity contribution in [3.8, 4) is 34.4 Å². The van der Waals surface area contributed by atoms with Gasteiger partial charge in [0.1, 0.15) is 11.3 Å². The number of amides is 1. The molecule has 6 rings (SSSR count). The summed E-state index contributed by atoms with van der Waals surface area (Å²) >= 11 is 0. The van der Waals surface area contributed by atoms with Gasteiger partial charge in [-0.25, -0.2) is 14.4 Å². The zero-order valence-electron chi connectivity index (χ0n) is 24.2. The van der Waals surface area contributed by atoms with Crippen LogP contribution in [0.1, 0.15) is 15.9 Å². The SMILES string of the molecule is COc1cc2nccc(Oc3ccc(NC(=O)c4cc(-c5ncccn5)cn(Cc5ccccc5)c4=O)cc3F)c2cc1OC. The lowest BCUT2D eigenvalue weighted by atomic mass is 10.1. The van der Waals surface area contributed by atoms with Gasteiger partial charge in [-0.1, -0.05) is 30.3 Å². The highest BCUT2D eigenvalue weighted by Crippen LogP contribution is 2.37. The number of fused-ring (bicyclic) bond motifs is 1. The molecule has 0 bridgehead atoms. The zero-order chi connectivity index (χ0) is 31.3. The molecule has 3 aromatic heterocycles. The van der Waals surface area contributed by atoms with Gasteiger partial charge in [-0.2, -0.15) is 0 Å². The Morgan fingerprint density at radius 3 is 2.31 bits per heavy atom. The normalized spacial score (nSPS) is 10.8. The fraction of sp³-hybridized carbons (Fsp3) is 0.0882. The Morgan fingerprint density at radius 2 is 1.58 bits per heavy atom. The second-order valence-corrected chi connectivity index (χ2v) is 9.87. The van der Waals surface area contributed by atoms with E-state index in [-0.39, 0.29) is 23.5 Å². The molecule has 6 aromatic rings. The van der Waals surface area contributed by atoms with Crippen molar-refractivity contribution in [1.29, 1.82) is 0 Å². The zero-order valence-corrected chi connectivity index (χ0v) is 24.2. The molecule has 0 saturated carbocycles. The molecule has 3 aromatic carbocycles. The summed E-state index contributed by atoms with van der Waals surface area (Å²) in [5, 5.41) is 3.21. The Kier molecular flexibility index (Phi) is 8.14. The third-order valence-electron chi connectivity index (χ3n) is 6.97. The molecule has 3 heterocycles. The molecule has 45 heavy (non-hydrogen) atoms. The molecule has 0 fully saturated rings. The number of aromatic nitrogens is 4. The second-order valence-electron chi connectivity index (χ2n) is 9.87. The smallest absolute Gasteiger partial charge is 0.263 e. The average Bonchev–Trinajstić information content (AvgIpc) is 3.07. The van der Waals surface area contributed by atoms with Crippen LogP contribution in [0.15, 0.2) is 108 Å². The Hall–Kier alpha value is -6.10. The van der Waals surface area contributed by atoms with Crippen molar-refractivity contribution in [2.24, 2.45) is 0 Å². The summed E-state index contributed by atoms with van der Waals surface area (Å²) in [6, 6.07) is 21.5. The fourth-order valence-electron chi connectivity index (χ4n) is 4.78. The van der Waals surface area contributed by atoms with Gasteiger partial charge in [0.25, 0.3) is 11.5 Å². The van der Waals surface area contributed by atoms with Crippen molar-refractivity contribution in [1.82, 2.24) is 19.5 Å². The van der Waals surface area contributed by atoms with Crippen molar-refractivity contribution in [3.63, 3.8) is 0 Å². The second kappa shape index (κ2) is 12.6. The van der Waals surface area contributed by atoms with E-state index < -0.39 is 17.3 Å². The molecule has 224 valence electrons. The van der Waals surface area contributed by atoms with Crippen molar-refractivity contribution < 1.29 is 23.4 Å². The number of halogens is 1. The van der Waals surface area contributed by atoms with Gasteiger partial charge in [-0.05, 0) is 42.0 Å². The van der Waals surface area contributed by atoms with Crippen LogP contribution in [0.5, 0.6) is 23.0 Å². The van der Waals surface area contributed by atoms with Crippen LogP contribution in [-0.4, -0.2) is 39.6 Å². The average molecular weight is 604 g/mol. The molecule has 0 aliphatic rings. The van der Waals surface area contributed by atoms with E-state index in [1.54, 1.807) is 42.9 Å². The molecule has 0 aliphatic carbocycles. The number of hydrogen-bond donors (Lipinski definition) is 1. The van der Waals surface area contributed by atoms with Gasteiger partial charge in [-0.15, -0.1) is 0 Å². The van der Waals surface area contributed by atoms with Crippen molar-refractivity contribution in [3.05, 3.63) is 131 Å². The predicted octanol–water partition coefficient (Wildman–Crippen LogP) is 6.10. The lowest BCUT2D eigenvalue weighted by molar-refractivity contribution is 0.102. The van der Waals surface area contributed by atoms with E-state index in [9.17, 15) is 9.59 Å². The van der Waals surface area contributed by atoms with Crippen LogP contribution in [0.3, 0.4) is 0 Å². The van der Waals surface area contributed by atoms with Gasteiger partial charge >= 0.3 is 0 Å². The summed E-state index contributed by atoms with van der Waals surface area (Å²) in [6.45, 7) is 0.226. The number of hydrogen-bond acceptors (Lipinski definition) is 8. The number of ether oxygens (including phenoxy) is 3. The first-order chi connectivity index (χ1) is 21.9. The monoisotopic (exact) mass is 603 g/mol. The largest absolute Gasteiger partial charge is 0.493 e. The van der Waals surface area contributed by atoms with Gasteiger partial charge in [0.15, 0.2) is 28.9 Å². The molecule has 1 amide bonds. The maximum Gasteiger partial charge on any atom is 0.263 e. The highest BCUT2D eigenvalue weighted by Gasteiger charge is 2.18. The van der Waals surface area contributed by atoms with E-state index in [0.717, 1.165) is 11.6 Å². The van der Waals surface area contributed by atoms with Gasteiger partial charge in [0.05, 0.1) is 26.3 Å². The maximum absolute atomic E-state index is 15.3. The molecule has 10 nitrogen and oxygen atoms in total. The summed E-state index contributed by atoms with van der Waals surface area (Å²) in [5.41, 5.74) is 1.37. The maximum atomic E-state index is 15.3. The standard InChI is InChI=1S/C34H26FN5O5/c1-43-30-17-24-27(18-31(30)44-2)36-14-11-28(24)45-29-10-9-23(16-26(29)35)39-33(41)25-15-22(32-37-12-6-13-38-32)20-40(34(25)42)19-21-7-4-3-5-8-21/h3-18,20H,19H2,1-2H3,(H,39,41). The number of carbonyl (C=O) groups is 1. The van der Waals surface area contributed by atoms with Crippen LogP contribution in [-0.2, 0) is 6.54 Å². The van der Waals surface area contributed by atoms with E-state index in [0.29, 0.717) is 39.5 Å². The molecule has 0 unspecified atom stereocenters. The molecule has 0 saturated heterocycles. The van der Waals surface area contributed by atoms with Crippen LogP contribution in [0.25, 0.3) is 22.3 Å². The molecule has 0 radical (unpaired) electrons. The molecule has 0 atom stereocenters. The minimum absolute atomic E-state index is 0.0799. The highest BCUT2D eigenvalue weighted by atomic mass is 19.1. The first-order valence-corrected chi connectivity index (χ1v) is 13.8. The van der Waals surface area contributed by atoms with Crippen LogP contribution < -0.4 is 25.1 Å². The Morgan fingerprint density at radius 1 is 0.822 bits per heavy atom. The quantitative estimate of drug-likeness (QED) is 0.211. The summed E-state index contributed by atoms with van der Waals surface area (Å²) in [5.74, 6) is 0.126. The third-order valence-corrected chi connectivity index (χ3v) is 6.97. The van der Waals surface area contributed by atoms with E-state index in [1.807, 2.05) is 30.3 Å². The summed E-state index contributed by atoms with van der Waals surface area (Å²) < 4.78 is 33.4. The highest BCUT2D eigenvalue weighted by molar-refractivity contribution is 6.04. The van der Waals surface area contributed by atoms with Gasteiger partial charge in [0, 0.05) is 53.6 Å². The number of methoxy groups -OCH3 is 2. The molecular formula is C34H26FN5O5. The van der Waals surface area contributed by atoms with Gasteiger partial charge < -0.3 is 24.1 Å². The summed E-state index contributed by atoms with van der Waals surface area (Å²) in [6.07, 6.45) is 6.30. The number of nitrogens with zero attached hydrogens (tertiary/aromatic N) is 4. The molecule has 0 aliphatic heterocycles. The van der Waals surface area contributed by atoms with E-state index in [1.165, 1.54) is 43.2 Å². The van der Waals surface area contributed by atoms with Crippen molar-refractivity contribution in [2.45, 2.75) is 6.54 Å². The lowest BCUT2D eigenvalue weighted by Gasteiger charge is -2.14. The number of pyridine rings is 2. The Bertz CT molecular complexity index is 2070. The van der Waals surface area contributed by atoms with Crippen LogP contribution in [0.4, 0.5) is 10.1 Å². The van der Waals surface area contributed by atoms with Crippen LogP contribution in [0, 0.1) is 5.82 Å². The predicted molar refractivity (Wildman–Crippen MR) is 167 cm³/mol. The Balaban J connectivity index is 1.28. The van der Waals surface area contributed by atoms with Gasteiger partial charge in [-0.3, -0.25) is 14.6 Å². The number of nitrogens with one attached hydrogen (secondary N) is 1. The summed E-state index contributed by atoms with van der Waals surface area (Å²) in [4.78, 5) is 39.7. The minimum Gasteiger partial charge on any atom is -0.493 e. The van der Waals surface area contributed by atoms with Crippen LogP contribution >= 0.6 is 0 Å². The summed E-state index contributed by atoms with van der Waals surface area (Å²) in [7, 11) is 3.03. The number of anilines is 1. The first kappa shape index (κ1) is 29.0. The lowest BCUT2D eigenvalue weighted by Crippen LogP contribution is -2.29. The molecule has 11 heteroatoms. The number of benzene rings is 3.